The number of pyridine rings is 1. The molecule has 5 heteroatoms. The average molecular weight is 333 g/mol. The van der Waals surface area contributed by atoms with Gasteiger partial charge in [-0.05, 0) is 30.7 Å². The van der Waals surface area contributed by atoms with Crippen LogP contribution in [0.15, 0.2) is 78.1 Å². The number of benzene rings is 2. The number of hydrogen-bond acceptors (Lipinski definition) is 4. The summed E-state index contributed by atoms with van der Waals surface area (Å²) in [4.78, 5) is 9.55. The van der Waals surface area contributed by atoms with E-state index in [9.17, 15) is 0 Å². The Morgan fingerprint density at radius 3 is 2.60 bits per heavy atom. The summed E-state index contributed by atoms with van der Waals surface area (Å²) in [6.07, 6.45) is 1.60. The topological polar surface area (TPSA) is 69.7 Å². The van der Waals surface area contributed by atoms with E-state index in [0.29, 0.717) is 18.1 Å². The number of aryl methyl sites for hydroxylation is 1. The molecule has 0 saturated carbocycles. The van der Waals surface area contributed by atoms with E-state index in [0.717, 1.165) is 11.3 Å². The molecule has 0 amide bonds. The number of oxime groups is 1. The van der Waals surface area contributed by atoms with Crippen molar-refractivity contribution in [2.45, 2.75) is 13.5 Å². The van der Waals surface area contributed by atoms with Gasteiger partial charge in [-0.2, -0.15) is 0 Å². The summed E-state index contributed by atoms with van der Waals surface area (Å²) < 4.78 is 5.64. The molecular weight excluding hydrogens is 314 g/mol. The van der Waals surface area contributed by atoms with Gasteiger partial charge in [0.1, 0.15) is 12.4 Å². The molecular formula is C20H19N3O2. The Morgan fingerprint density at radius 2 is 1.88 bits per heavy atom. The van der Waals surface area contributed by atoms with Crippen LogP contribution in [0, 0.1) is 6.92 Å². The molecule has 0 radical (unpaired) electrons. The van der Waals surface area contributed by atoms with Crippen molar-refractivity contribution in [2.24, 2.45) is 10.9 Å². The molecule has 0 spiro atoms. The van der Waals surface area contributed by atoms with E-state index >= 15 is 0 Å². The molecule has 0 saturated heterocycles. The summed E-state index contributed by atoms with van der Waals surface area (Å²) in [5.41, 5.74) is 8.83. The van der Waals surface area contributed by atoms with E-state index in [1.807, 2.05) is 61.5 Å². The molecule has 0 unspecified atom stereocenters. The summed E-state index contributed by atoms with van der Waals surface area (Å²) in [5.74, 6) is 1.49. The fourth-order valence-electron chi connectivity index (χ4n) is 2.23. The lowest BCUT2D eigenvalue weighted by Crippen LogP contribution is -2.14. The zero-order valence-electron chi connectivity index (χ0n) is 13.9. The maximum atomic E-state index is 5.94. The molecule has 126 valence electrons. The summed E-state index contributed by atoms with van der Waals surface area (Å²) in [7, 11) is 0. The van der Waals surface area contributed by atoms with Crippen LogP contribution in [0.5, 0.6) is 11.6 Å². The Morgan fingerprint density at radius 1 is 1.04 bits per heavy atom. The third-order valence-corrected chi connectivity index (χ3v) is 3.47. The van der Waals surface area contributed by atoms with Crippen molar-refractivity contribution in [1.29, 1.82) is 0 Å². The monoisotopic (exact) mass is 333 g/mol. The van der Waals surface area contributed by atoms with Crippen molar-refractivity contribution in [1.82, 2.24) is 4.98 Å². The number of rotatable bonds is 6. The summed E-state index contributed by atoms with van der Waals surface area (Å²) >= 11 is 0. The highest BCUT2D eigenvalue weighted by Crippen LogP contribution is 2.18. The van der Waals surface area contributed by atoms with Crippen molar-refractivity contribution in [3.8, 4) is 11.6 Å². The minimum Gasteiger partial charge on any atom is -0.439 e. The second kappa shape index (κ2) is 7.97. The van der Waals surface area contributed by atoms with Crippen molar-refractivity contribution in [3.63, 3.8) is 0 Å². The van der Waals surface area contributed by atoms with Crippen molar-refractivity contribution >= 4 is 5.84 Å². The van der Waals surface area contributed by atoms with Gasteiger partial charge >= 0.3 is 0 Å². The second-order valence-electron chi connectivity index (χ2n) is 5.54. The Hall–Kier alpha value is -3.34. The number of nitrogens with zero attached hydrogens (tertiary/aromatic N) is 2. The Balaban J connectivity index is 1.59. The first-order valence-electron chi connectivity index (χ1n) is 7.91. The van der Waals surface area contributed by atoms with Crippen molar-refractivity contribution < 1.29 is 9.57 Å². The Kier molecular flexibility index (Phi) is 5.26. The molecule has 2 N–H and O–H groups in total. The molecule has 0 atom stereocenters. The first kappa shape index (κ1) is 16.5. The smallest absolute Gasteiger partial charge is 0.219 e. The zero-order valence-corrected chi connectivity index (χ0v) is 13.9. The van der Waals surface area contributed by atoms with E-state index in [2.05, 4.69) is 10.1 Å². The molecule has 3 rings (SSSR count). The summed E-state index contributed by atoms with van der Waals surface area (Å²) in [6, 6.07) is 21.0. The van der Waals surface area contributed by atoms with Crippen molar-refractivity contribution in [3.05, 3.63) is 89.6 Å². The number of ether oxygens (including phenoxy) is 1. The van der Waals surface area contributed by atoms with E-state index in [4.69, 9.17) is 15.3 Å². The molecule has 1 aromatic heterocycles. The predicted octanol–water partition coefficient (Wildman–Crippen LogP) is 4.02. The van der Waals surface area contributed by atoms with Crippen LogP contribution >= 0.6 is 0 Å². The standard InChI is InChI=1S/C20H19N3O2/c1-15-6-5-7-16(12-15)14-24-23-20(21)17-10-11-19(22-13-17)25-18-8-3-2-4-9-18/h2-13H,14H2,1H3,(H2,21,23). The highest BCUT2D eigenvalue weighted by molar-refractivity contribution is 5.96. The molecule has 0 aliphatic rings. The molecule has 0 bridgehead atoms. The molecule has 25 heavy (non-hydrogen) atoms. The van der Waals surface area contributed by atoms with Gasteiger partial charge in [-0.1, -0.05) is 53.2 Å². The van der Waals surface area contributed by atoms with Crippen LogP contribution in [0.3, 0.4) is 0 Å². The molecule has 0 aliphatic heterocycles. The van der Waals surface area contributed by atoms with E-state index in [1.54, 1.807) is 18.3 Å². The van der Waals surface area contributed by atoms with Gasteiger partial charge in [0.25, 0.3) is 0 Å². The number of aromatic nitrogens is 1. The van der Waals surface area contributed by atoms with Crippen LogP contribution in [0.4, 0.5) is 0 Å². The SMILES string of the molecule is Cc1cccc(CO/N=C(\N)c2ccc(Oc3ccccc3)nc2)c1. The number of hydrogen-bond donors (Lipinski definition) is 1. The van der Waals surface area contributed by atoms with Gasteiger partial charge in [0, 0.05) is 17.8 Å². The highest BCUT2D eigenvalue weighted by Gasteiger charge is 2.03. The summed E-state index contributed by atoms with van der Waals surface area (Å²) in [6.45, 7) is 2.40. The van der Waals surface area contributed by atoms with Crippen LogP contribution < -0.4 is 10.5 Å². The zero-order chi connectivity index (χ0) is 17.5. The maximum Gasteiger partial charge on any atom is 0.219 e. The largest absolute Gasteiger partial charge is 0.439 e. The minimum absolute atomic E-state index is 0.270. The van der Waals surface area contributed by atoms with Crippen LogP contribution in [-0.4, -0.2) is 10.8 Å². The lowest BCUT2D eigenvalue weighted by Gasteiger charge is -2.06. The number of para-hydroxylation sites is 1. The van der Waals surface area contributed by atoms with Gasteiger partial charge in [0.15, 0.2) is 5.84 Å². The third kappa shape index (κ3) is 4.81. The van der Waals surface area contributed by atoms with E-state index < -0.39 is 0 Å². The van der Waals surface area contributed by atoms with Crippen LogP contribution in [-0.2, 0) is 11.4 Å². The average Bonchev–Trinajstić information content (AvgIpc) is 2.63. The normalized spacial score (nSPS) is 11.2. The molecule has 0 fully saturated rings. The van der Waals surface area contributed by atoms with Crippen LogP contribution in [0.1, 0.15) is 16.7 Å². The molecule has 5 nitrogen and oxygen atoms in total. The lowest BCUT2D eigenvalue weighted by atomic mass is 10.1. The fraction of sp³-hybridized carbons (Fsp3) is 0.100. The molecule has 2 aromatic carbocycles. The van der Waals surface area contributed by atoms with E-state index in [-0.39, 0.29) is 5.84 Å². The van der Waals surface area contributed by atoms with Crippen molar-refractivity contribution in [2.75, 3.05) is 0 Å². The number of nitrogens with two attached hydrogens (primary N) is 1. The second-order valence-corrected chi connectivity index (χ2v) is 5.54. The molecule has 0 aliphatic carbocycles. The number of amidine groups is 1. The molecule has 1 heterocycles. The Bertz CT molecular complexity index is 846. The minimum atomic E-state index is 0.270. The lowest BCUT2D eigenvalue weighted by molar-refractivity contribution is 0.130. The first-order chi connectivity index (χ1) is 12.2. The van der Waals surface area contributed by atoms with Gasteiger partial charge < -0.3 is 15.3 Å². The van der Waals surface area contributed by atoms with Gasteiger partial charge in [0.05, 0.1) is 0 Å². The van der Waals surface area contributed by atoms with Gasteiger partial charge in [-0.15, -0.1) is 0 Å². The quantitative estimate of drug-likeness (QED) is 0.420. The Labute approximate surface area is 146 Å². The predicted molar refractivity (Wildman–Crippen MR) is 97.4 cm³/mol. The van der Waals surface area contributed by atoms with Crippen LogP contribution in [0.2, 0.25) is 0 Å². The third-order valence-electron chi connectivity index (χ3n) is 3.47. The van der Waals surface area contributed by atoms with Crippen LogP contribution in [0.25, 0.3) is 0 Å². The fourth-order valence-corrected chi connectivity index (χ4v) is 2.23. The first-order valence-corrected chi connectivity index (χ1v) is 7.91. The van der Waals surface area contributed by atoms with E-state index in [1.165, 1.54) is 5.56 Å². The van der Waals surface area contributed by atoms with Gasteiger partial charge in [0.2, 0.25) is 5.88 Å². The molecule has 3 aromatic rings. The highest BCUT2D eigenvalue weighted by atomic mass is 16.6. The van der Waals surface area contributed by atoms with Gasteiger partial charge in [-0.3, -0.25) is 0 Å². The van der Waals surface area contributed by atoms with Gasteiger partial charge in [-0.25, -0.2) is 4.98 Å². The maximum absolute atomic E-state index is 5.94. The summed E-state index contributed by atoms with van der Waals surface area (Å²) in [5, 5.41) is 3.95.